The summed E-state index contributed by atoms with van der Waals surface area (Å²) in [6, 6.07) is 0. The molecule has 0 aliphatic carbocycles. The highest BCUT2D eigenvalue weighted by atomic mass is 15.3. The molecule has 2 aliphatic rings. The van der Waals surface area contributed by atoms with Crippen LogP contribution in [0.3, 0.4) is 0 Å². The van der Waals surface area contributed by atoms with Crippen molar-refractivity contribution in [3.8, 4) is 11.5 Å². The fraction of sp³-hybridized carbons (Fsp3) is 0. The van der Waals surface area contributed by atoms with E-state index in [9.17, 15) is 0 Å². The molecule has 0 bridgehead atoms. The topological polar surface area (TPSA) is 69.6 Å². The van der Waals surface area contributed by atoms with Crippen LogP contribution in [0.5, 0.6) is 0 Å². The first-order valence-corrected chi connectivity index (χ1v) is 2.76. The Bertz CT molecular complexity index is 314. The van der Waals surface area contributed by atoms with Crippen LogP contribution in [0.15, 0.2) is 18.9 Å². The second-order valence-corrected chi connectivity index (χ2v) is 1.90. The van der Waals surface area contributed by atoms with E-state index in [1.54, 1.807) is 6.20 Å². The first-order valence-electron chi connectivity index (χ1n) is 2.76. The Hall–Kier alpha value is -1.65. The molecule has 0 aromatic heterocycles. The molecule has 0 saturated carbocycles. The van der Waals surface area contributed by atoms with Gasteiger partial charge in [0.25, 0.3) is 0 Å². The molecule has 5 nitrogen and oxygen atoms in total. The molecule has 0 unspecified atom stereocenters. The summed E-state index contributed by atoms with van der Waals surface area (Å²) in [7, 11) is 0. The lowest BCUT2D eigenvalue weighted by Crippen LogP contribution is -2.09. The van der Waals surface area contributed by atoms with Crippen molar-refractivity contribution in [3.63, 3.8) is 0 Å². The number of hydrogen-bond donors (Lipinski definition) is 1. The maximum absolute atomic E-state index is 5.37. The average Bonchev–Trinajstić information content (AvgIpc) is 2.33. The van der Waals surface area contributed by atoms with Crippen LogP contribution in [0.4, 0.5) is 0 Å². The largest absolute Gasteiger partial charge is 0.338 e. The van der Waals surface area contributed by atoms with Gasteiger partial charge in [-0.2, -0.15) is 0 Å². The van der Waals surface area contributed by atoms with Crippen LogP contribution < -0.4 is 5.84 Å². The Balaban J connectivity index is 2.75. The maximum Gasteiger partial charge on any atom is 0.182 e. The second kappa shape index (κ2) is 1.66. The zero-order valence-corrected chi connectivity index (χ0v) is 5.10. The number of nitrogens with zero attached hydrogens (tertiary/aromatic N) is 4. The normalized spacial score (nSPS) is 10.4. The van der Waals surface area contributed by atoms with Crippen molar-refractivity contribution in [2.75, 3.05) is 5.84 Å². The van der Waals surface area contributed by atoms with Gasteiger partial charge in [0.05, 0.1) is 6.20 Å². The van der Waals surface area contributed by atoms with Gasteiger partial charge in [-0.1, -0.05) is 0 Å². The molecule has 0 radical (unpaired) electrons. The van der Waals surface area contributed by atoms with Gasteiger partial charge in [-0.25, -0.2) is 15.0 Å². The number of imidazole rings is 1. The summed E-state index contributed by atoms with van der Waals surface area (Å²) >= 11 is 0. The lowest BCUT2D eigenvalue weighted by atomic mass is 10.4. The van der Waals surface area contributed by atoms with Gasteiger partial charge < -0.3 is 5.84 Å². The molecule has 10 heavy (non-hydrogen) atoms. The smallest absolute Gasteiger partial charge is 0.182 e. The van der Waals surface area contributed by atoms with E-state index < -0.39 is 0 Å². The van der Waals surface area contributed by atoms with Crippen LogP contribution in [0.25, 0.3) is 11.5 Å². The molecule has 2 aliphatic heterocycles. The first kappa shape index (κ1) is 5.16. The molecule has 2 heterocycles. The second-order valence-electron chi connectivity index (χ2n) is 1.90. The number of fused-ring (bicyclic) bond motifs is 1. The average molecular weight is 135 g/mol. The Labute approximate surface area is 56.9 Å². The van der Waals surface area contributed by atoms with E-state index in [1.807, 2.05) is 0 Å². The van der Waals surface area contributed by atoms with Crippen LogP contribution >= 0.6 is 0 Å². The van der Waals surface area contributed by atoms with E-state index in [0.29, 0.717) is 11.5 Å². The van der Waals surface area contributed by atoms with Crippen molar-refractivity contribution >= 4 is 0 Å². The van der Waals surface area contributed by atoms with Gasteiger partial charge >= 0.3 is 0 Å². The van der Waals surface area contributed by atoms with Gasteiger partial charge in [0.15, 0.2) is 5.82 Å². The van der Waals surface area contributed by atoms with Gasteiger partial charge in [-0.3, -0.25) is 4.68 Å². The van der Waals surface area contributed by atoms with E-state index in [0.717, 1.165) is 0 Å². The molecule has 5 heteroatoms. The number of aromatic nitrogens is 4. The quantitative estimate of drug-likeness (QED) is 0.494. The highest BCUT2D eigenvalue weighted by Gasteiger charge is 2.04. The van der Waals surface area contributed by atoms with E-state index in [2.05, 4.69) is 15.0 Å². The maximum atomic E-state index is 5.37. The minimum Gasteiger partial charge on any atom is -0.338 e. The van der Waals surface area contributed by atoms with Crippen LogP contribution in [-0.2, 0) is 0 Å². The van der Waals surface area contributed by atoms with E-state index in [1.165, 1.54) is 17.3 Å². The number of rotatable bonds is 0. The van der Waals surface area contributed by atoms with Gasteiger partial charge in [0.2, 0.25) is 0 Å². The predicted octanol–water partition coefficient (Wildman–Crippen LogP) is -0.508. The van der Waals surface area contributed by atoms with Crippen LogP contribution in [0.1, 0.15) is 0 Å². The summed E-state index contributed by atoms with van der Waals surface area (Å²) in [4.78, 5) is 11.7. The lowest BCUT2D eigenvalue weighted by molar-refractivity contribution is 0.926. The lowest BCUT2D eigenvalue weighted by Gasteiger charge is -1.97. The zero-order valence-electron chi connectivity index (χ0n) is 5.10. The highest BCUT2D eigenvalue weighted by Crippen LogP contribution is 2.09. The summed E-state index contributed by atoms with van der Waals surface area (Å²) in [6.45, 7) is 0. The van der Waals surface area contributed by atoms with Crippen molar-refractivity contribution < 1.29 is 0 Å². The van der Waals surface area contributed by atoms with Gasteiger partial charge in [-0.15, -0.1) is 0 Å². The number of nitrogens with two attached hydrogens (primary N) is 1. The minimum atomic E-state index is 0.627. The summed E-state index contributed by atoms with van der Waals surface area (Å²) in [6.07, 6.45) is 4.60. The van der Waals surface area contributed by atoms with Gasteiger partial charge in [-0.05, 0) is 0 Å². The Morgan fingerprint density at radius 1 is 1.30 bits per heavy atom. The molecule has 0 saturated heterocycles. The fourth-order valence-corrected chi connectivity index (χ4v) is 0.756. The molecular formula is C5H5N5. The van der Waals surface area contributed by atoms with E-state index in [4.69, 9.17) is 5.84 Å². The summed E-state index contributed by atoms with van der Waals surface area (Å²) in [5.41, 5.74) is 0.713. The zero-order chi connectivity index (χ0) is 6.97. The van der Waals surface area contributed by atoms with Crippen molar-refractivity contribution in [3.05, 3.63) is 18.9 Å². The summed E-state index contributed by atoms with van der Waals surface area (Å²) < 4.78 is 1.34. The molecule has 2 rings (SSSR count). The molecule has 0 aromatic rings. The number of hydrogen-bond acceptors (Lipinski definition) is 4. The standard InChI is InChI=1S/C5H5N5/c6-10-1-4-5(9-3-10)8-2-7-4/h1-3H,6H2. The number of nitrogen functional groups attached to an aromatic ring is 1. The predicted molar refractivity (Wildman–Crippen MR) is 34.6 cm³/mol. The van der Waals surface area contributed by atoms with Crippen molar-refractivity contribution in [2.24, 2.45) is 0 Å². The molecule has 2 N–H and O–H groups in total. The van der Waals surface area contributed by atoms with Gasteiger partial charge in [0, 0.05) is 0 Å². The Kier molecular flexibility index (Phi) is 0.858. The third kappa shape index (κ3) is 0.604. The first-order chi connectivity index (χ1) is 4.86. The van der Waals surface area contributed by atoms with Gasteiger partial charge in [0.1, 0.15) is 18.3 Å². The van der Waals surface area contributed by atoms with Crippen LogP contribution in [0, 0.1) is 0 Å². The Morgan fingerprint density at radius 2 is 2.20 bits per heavy atom. The highest BCUT2D eigenvalue weighted by molar-refractivity contribution is 5.47. The molecule has 0 spiro atoms. The van der Waals surface area contributed by atoms with Crippen LogP contribution in [0.2, 0.25) is 0 Å². The molecule has 0 amide bonds. The molecule has 0 aromatic carbocycles. The molecule has 50 valence electrons. The minimum absolute atomic E-state index is 0.627. The van der Waals surface area contributed by atoms with Crippen LogP contribution in [-0.4, -0.2) is 19.6 Å². The monoisotopic (exact) mass is 135 g/mol. The van der Waals surface area contributed by atoms with Crippen molar-refractivity contribution in [1.82, 2.24) is 19.6 Å². The third-order valence-corrected chi connectivity index (χ3v) is 1.19. The Morgan fingerprint density at radius 3 is 3.10 bits per heavy atom. The van der Waals surface area contributed by atoms with E-state index >= 15 is 0 Å². The molecule has 0 fully saturated rings. The summed E-state index contributed by atoms with van der Waals surface area (Å²) in [5, 5.41) is 0. The van der Waals surface area contributed by atoms with Crippen molar-refractivity contribution in [1.29, 1.82) is 0 Å². The van der Waals surface area contributed by atoms with E-state index in [-0.39, 0.29) is 0 Å². The fourth-order valence-electron chi connectivity index (χ4n) is 0.756. The molecule has 0 atom stereocenters. The van der Waals surface area contributed by atoms with Crippen molar-refractivity contribution in [2.45, 2.75) is 0 Å². The summed E-state index contributed by atoms with van der Waals surface area (Å²) in [5.74, 6) is 6.00. The SMILES string of the molecule is Nn1cnc2ncnc-2c1. The third-order valence-electron chi connectivity index (χ3n) is 1.19. The molecular weight excluding hydrogens is 130 g/mol.